The van der Waals surface area contributed by atoms with Crippen molar-refractivity contribution in [2.45, 2.75) is 57.9 Å². The zero-order valence-corrected chi connectivity index (χ0v) is 7.68. The molecule has 0 radical (unpaired) electrons. The van der Waals surface area contributed by atoms with Crippen LogP contribution in [0.3, 0.4) is 0 Å². The number of hydrogen-bond acceptors (Lipinski definition) is 1. The fraction of sp³-hybridized carbons (Fsp3) is 1.00. The Morgan fingerprint density at radius 3 is 2.36 bits per heavy atom. The molecule has 1 nitrogen and oxygen atoms in total. The molecule has 1 saturated carbocycles. The predicted molar refractivity (Wildman–Crippen MR) is 49.5 cm³/mol. The number of hydrogen-bond donors (Lipinski definition) is 1. The maximum absolute atomic E-state index is 6.06. The van der Waals surface area contributed by atoms with Gasteiger partial charge in [-0.2, -0.15) is 0 Å². The summed E-state index contributed by atoms with van der Waals surface area (Å²) in [5.41, 5.74) is 6.06. The summed E-state index contributed by atoms with van der Waals surface area (Å²) >= 11 is 0. The average Bonchev–Trinajstić information content (AvgIpc) is 1.98. The molecule has 1 rings (SSSR count). The first-order chi connectivity index (χ1) is 5.34. The first kappa shape index (κ1) is 9.05. The highest BCUT2D eigenvalue weighted by atomic mass is 14.6. The zero-order valence-electron chi connectivity index (χ0n) is 7.68. The summed E-state index contributed by atoms with van der Waals surface area (Å²) in [6, 6.07) is 0.500. The van der Waals surface area contributed by atoms with Crippen molar-refractivity contribution in [3.8, 4) is 0 Å². The van der Waals surface area contributed by atoms with Crippen LogP contribution in [0.15, 0.2) is 0 Å². The van der Waals surface area contributed by atoms with Crippen LogP contribution in [0, 0.1) is 5.92 Å². The Labute approximate surface area is 70.4 Å². The van der Waals surface area contributed by atoms with E-state index < -0.39 is 0 Å². The van der Waals surface area contributed by atoms with Crippen molar-refractivity contribution in [3.63, 3.8) is 0 Å². The Morgan fingerprint density at radius 2 is 1.73 bits per heavy atom. The molecule has 0 amide bonds. The highest BCUT2D eigenvalue weighted by Crippen LogP contribution is 2.23. The van der Waals surface area contributed by atoms with Gasteiger partial charge < -0.3 is 5.73 Å². The maximum atomic E-state index is 6.06. The predicted octanol–water partition coefficient (Wildman–Crippen LogP) is 2.69. The molecule has 0 unspecified atom stereocenters. The Hall–Kier alpha value is -0.0400. The van der Waals surface area contributed by atoms with Crippen LogP contribution in [-0.4, -0.2) is 6.04 Å². The lowest BCUT2D eigenvalue weighted by atomic mass is 9.86. The van der Waals surface area contributed by atoms with Crippen LogP contribution >= 0.6 is 0 Å². The molecule has 0 bridgehead atoms. The van der Waals surface area contributed by atoms with Crippen molar-refractivity contribution in [3.05, 3.63) is 0 Å². The highest BCUT2D eigenvalue weighted by Gasteiger charge is 2.16. The van der Waals surface area contributed by atoms with E-state index in [-0.39, 0.29) is 0 Å². The third-order valence-corrected chi connectivity index (χ3v) is 2.99. The van der Waals surface area contributed by atoms with Crippen molar-refractivity contribution in [1.82, 2.24) is 0 Å². The lowest BCUT2D eigenvalue weighted by Gasteiger charge is -2.24. The van der Waals surface area contributed by atoms with E-state index >= 15 is 0 Å². The molecule has 0 aromatic carbocycles. The Morgan fingerprint density at radius 1 is 1.09 bits per heavy atom. The molecule has 0 aromatic rings. The molecule has 2 atom stereocenters. The first-order valence-corrected chi connectivity index (χ1v) is 5.10. The Balaban J connectivity index is 2.33. The summed E-state index contributed by atoms with van der Waals surface area (Å²) in [5.74, 6) is 0.815. The van der Waals surface area contributed by atoms with Crippen LogP contribution in [0.2, 0.25) is 0 Å². The van der Waals surface area contributed by atoms with Crippen molar-refractivity contribution < 1.29 is 0 Å². The minimum absolute atomic E-state index is 0.500. The van der Waals surface area contributed by atoms with Crippen molar-refractivity contribution in [2.75, 3.05) is 0 Å². The van der Waals surface area contributed by atoms with Crippen LogP contribution in [0.25, 0.3) is 0 Å². The van der Waals surface area contributed by atoms with Crippen LogP contribution in [-0.2, 0) is 0 Å². The summed E-state index contributed by atoms with van der Waals surface area (Å²) < 4.78 is 0. The summed E-state index contributed by atoms with van der Waals surface area (Å²) in [7, 11) is 0. The molecule has 1 aliphatic rings. The largest absolute Gasteiger partial charge is 0.327 e. The second-order valence-corrected chi connectivity index (χ2v) is 3.82. The molecule has 0 saturated heterocycles. The van der Waals surface area contributed by atoms with Crippen molar-refractivity contribution >= 4 is 0 Å². The summed E-state index contributed by atoms with van der Waals surface area (Å²) in [5, 5.41) is 0. The van der Waals surface area contributed by atoms with Gasteiger partial charge in [0.1, 0.15) is 0 Å². The lowest BCUT2D eigenvalue weighted by molar-refractivity contribution is 0.322. The van der Waals surface area contributed by atoms with Gasteiger partial charge in [0.2, 0.25) is 0 Å². The van der Waals surface area contributed by atoms with E-state index in [2.05, 4.69) is 6.92 Å². The molecule has 0 aromatic heterocycles. The van der Waals surface area contributed by atoms with E-state index in [1.807, 2.05) is 0 Å². The topological polar surface area (TPSA) is 26.0 Å². The van der Waals surface area contributed by atoms with Gasteiger partial charge in [0.25, 0.3) is 0 Å². The second-order valence-electron chi connectivity index (χ2n) is 3.82. The average molecular weight is 155 g/mol. The van der Waals surface area contributed by atoms with E-state index in [9.17, 15) is 0 Å². The minimum Gasteiger partial charge on any atom is -0.327 e. The fourth-order valence-electron chi connectivity index (χ4n) is 2.10. The van der Waals surface area contributed by atoms with Crippen LogP contribution in [0.5, 0.6) is 0 Å². The molecular weight excluding hydrogens is 134 g/mol. The standard InChI is InChI=1S/C10H21N/c1-2-9-7-5-3-4-6-8-10(9)11/h9-10H,2-8,11H2,1H3/t9-,10-/m0/s1. The van der Waals surface area contributed by atoms with Gasteiger partial charge >= 0.3 is 0 Å². The molecule has 0 aliphatic heterocycles. The van der Waals surface area contributed by atoms with Crippen molar-refractivity contribution in [1.29, 1.82) is 0 Å². The monoisotopic (exact) mass is 155 g/mol. The molecule has 0 heterocycles. The van der Waals surface area contributed by atoms with E-state index in [4.69, 9.17) is 5.73 Å². The van der Waals surface area contributed by atoms with Crippen molar-refractivity contribution in [2.24, 2.45) is 11.7 Å². The number of nitrogens with two attached hydrogens (primary N) is 1. The van der Waals surface area contributed by atoms with E-state index in [0.717, 1.165) is 5.92 Å². The van der Waals surface area contributed by atoms with Crippen LogP contribution < -0.4 is 5.73 Å². The highest BCUT2D eigenvalue weighted by molar-refractivity contribution is 4.73. The molecule has 0 spiro atoms. The number of rotatable bonds is 1. The lowest BCUT2D eigenvalue weighted by Crippen LogP contribution is -2.30. The first-order valence-electron chi connectivity index (χ1n) is 5.10. The Kier molecular flexibility index (Phi) is 3.92. The molecular formula is C10H21N. The van der Waals surface area contributed by atoms with E-state index in [1.165, 1.54) is 44.9 Å². The smallest absolute Gasteiger partial charge is 0.00670 e. The molecule has 66 valence electrons. The van der Waals surface area contributed by atoms with Gasteiger partial charge in [-0.15, -0.1) is 0 Å². The van der Waals surface area contributed by atoms with Gasteiger partial charge in [-0.25, -0.2) is 0 Å². The van der Waals surface area contributed by atoms with Gasteiger partial charge in [-0.05, 0) is 18.8 Å². The normalized spacial score (nSPS) is 34.4. The van der Waals surface area contributed by atoms with Gasteiger partial charge in [0, 0.05) is 6.04 Å². The van der Waals surface area contributed by atoms with Crippen LogP contribution in [0.1, 0.15) is 51.9 Å². The second kappa shape index (κ2) is 4.76. The third kappa shape index (κ3) is 2.82. The van der Waals surface area contributed by atoms with Gasteiger partial charge in [-0.1, -0.05) is 39.0 Å². The minimum atomic E-state index is 0.500. The maximum Gasteiger partial charge on any atom is 0.00670 e. The molecule has 1 fully saturated rings. The van der Waals surface area contributed by atoms with Crippen LogP contribution in [0.4, 0.5) is 0 Å². The molecule has 1 aliphatic carbocycles. The van der Waals surface area contributed by atoms with E-state index in [1.54, 1.807) is 0 Å². The van der Waals surface area contributed by atoms with Gasteiger partial charge in [0.05, 0.1) is 0 Å². The molecule has 11 heavy (non-hydrogen) atoms. The van der Waals surface area contributed by atoms with Gasteiger partial charge in [0.15, 0.2) is 0 Å². The Bertz CT molecular complexity index is 101. The molecule has 2 N–H and O–H groups in total. The summed E-state index contributed by atoms with van der Waals surface area (Å²) in [6.45, 7) is 2.27. The quantitative estimate of drug-likeness (QED) is 0.619. The summed E-state index contributed by atoms with van der Waals surface area (Å²) in [6.07, 6.45) is 9.52. The zero-order chi connectivity index (χ0) is 8.10. The SMILES string of the molecule is CC[C@H]1CCCCCC[C@@H]1N. The molecule has 1 heteroatoms. The third-order valence-electron chi connectivity index (χ3n) is 2.99. The fourth-order valence-corrected chi connectivity index (χ4v) is 2.10. The van der Waals surface area contributed by atoms with Gasteiger partial charge in [-0.3, -0.25) is 0 Å². The summed E-state index contributed by atoms with van der Waals surface area (Å²) in [4.78, 5) is 0. The van der Waals surface area contributed by atoms with E-state index in [0.29, 0.717) is 6.04 Å².